The number of aliphatic hydroxyl groups is 1. The van der Waals surface area contributed by atoms with Gasteiger partial charge >= 0.3 is 7.32 Å². The van der Waals surface area contributed by atoms with Crippen molar-refractivity contribution in [3.05, 3.63) is 0 Å². The molecule has 0 bridgehead atoms. The normalized spacial score (nSPS) is 9.00. The molecular weight excluding hydrogens is 171 g/mol. The maximum Gasteiger partial charge on any atom is 0.639 e. The van der Waals surface area contributed by atoms with Gasteiger partial charge in [0.2, 0.25) is 0 Å². The first-order valence-electron chi connectivity index (χ1n) is 4.72. The van der Waals surface area contributed by atoms with Crippen LogP contribution in [0.3, 0.4) is 0 Å². The summed E-state index contributed by atoms with van der Waals surface area (Å²) in [5.74, 6) is 0. The molecule has 13 heavy (non-hydrogen) atoms. The third-order valence-electron chi connectivity index (χ3n) is 0.908. The maximum atomic E-state index is 7.57. The molecule has 0 spiro atoms. The van der Waals surface area contributed by atoms with E-state index in [1.54, 1.807) is 6.92 Å². The van der Waals surface area contributed by atoms with E-state index in [4.69, 9.17) is 19.1 Å². The van der Waals surface area contributed by atoms with Crippen LogP contribution in [0.5, 0.6) is 0 Å². The van der Waals surface area contributed by atoms with Gasteiger partial charge < -0.3 is 19.1 Å². The van der Waals surface area contributed by atoms with Crippen LogP contribution in [0.25, 0.3) is 0 Å². The second kappa shape index (κ2) is 14.4. The van der Waals surface area contributed by atoms with Crippen molar-refractivity contribution in [3.8, 4) is 0 Å². The van der Waals surface area contributed by atoms with E-state index >= 15 is 0 Å². The Balaban J connectivity index is 0. The molecule has 0 aliphatic rings. The molecule has 1 N–H and O–H groups in total. The lowest BCUT2D eigenvalue weighted by Gasteiger charge is -2.09. The summed E-state index contributed by atoms with van der Waals surface area (Å²) in [6.07, 6.45) is 0. The molecule has 5 heteroatoms. The van der Waals surface area contributed by atoms with Crippen molar-refractivity contribution >= 4 is 7.32 Å². The minimum absolute atomic E-state index is 0.250. The lowest BCUT2D eigenvalue weighted by Crippen LogP contribution is -2.27. The summed E-state index contributed by atoms with van der Waals surface area (Å²) < 4.78 is 15.2. The first-order chi connectivity index (χ1) is 6.26. The minimum Gasteiger partial charge on any atom is -0.397 e. The second-order valence-corrected chi connectivity index (χ2v) is 1.97. The van der Waals surface area contributed by atoms with E-state index in [1.165, 1.54) is 0 Å². The van der Waals surface area contributed by atoms with E-state index < -0.39 is 7.32 Å². The van der Waals surface area contributed by atoms with E-state index in [0.717, 1.165) is 0 Å². The molecule has 0 unspecified atom stereocenters. The highest BCUT2D eigenvalue weighted by Gasteiger charge is 2.17. The summed E-state index contributed by atoms with van der Waals surface area (Å²) in [6.45, 7) is 9.50. The first-order valence-corrected chi connectivity index (χ1v) is 4.72. The third kappa shape index (κ3) is 14.7. The van der Waals surface area contributed by atoms with Gasteiger partial charge in [-0.3, -0.25) is 0 Å². The monoisotopic (exact) mass is 192 g/mol. The second-order valence-electron chi connectivity index (χ2n) is 1.97. The highest BCUT2D eigenvalue weighted by Crippen LogP contribution is 1.90. The Labute approximate surface area is 81.4 Å². The molecule has 0 radical (unpaired) electrons. The Bertz CT molecular complexity index is 68.3. The van der Waals surface area contributed by atoms with Crippen molar-refractivity contribution in [2.24, 2.45) is 0 Å². The summed E-state index contributed by atoms with van der Waals surface area (Å²) in [5, 5.41) is 7.57. The first kappa shape index (κ1) is 15.4. The van der Waals surface area contributed by atoms with E-state index in [0.29, 0.717) is 19.8 Å². The van der Waals surface area contributed by atoms with Crippen LogP contribution in [-0.2, 0) is 14.0 Å². The van der Waals surface area contributed by atoms with Crippen LogP contribution in [0, 0.1) is 0 Å². The molecule has 4 nitrogen and oxygen atoms in total. The molecule has 0 saturated heterocycles. The predicted octanol–water partition coefficient (Wildman–Crippen LogP) is 1.08. The number of rotatable bonds is 6. The molecule has 80 valence electrons. The molecule has 0 amide bonds. The summed E-state index contributed by atoms with van der Waals surface area (Å²) >= 11 is 0. The van der Waals surface area contributed by atoms with Crippen molar-refractivity contribution in [2.75, 3.05) is 26.4 Å². The van der Waals surface area contributed by atoms with Gasteiger partial charge in [0.1, 0.15) is 0 Å². The topological polar surface area (TPSA) is 47.9 Å². The van der Waals surface area contributed by atoms with Crippen LogP contribution in [-0.4, -0.2) is 38.9 Å². The van der Waals surface area contributed by atoms with Crippen molar-refractivity contribution in [2.45, 2.75) is 27.7 Å². The summed E-state index contributed by atoms with van der Waals surface area (Å²) in [6, 6.07) is 0. The van der Waals surface area contributed by atoms with Gasteiger partial charge in [-0.25, -0.2) is 0 Å². The minimum atomic E-state index is -0.472. The van der Waals surface area contributed by atoms with Crippen molar-refractivity contribution in [1.82, 2.24) is 0 Å². The molecule has 0 rings (SSSR count). The van der Waals surface area contributed by atoms with Crippen molar-refractivity contribution in [3.63, 3.8) is 0 Å². The fraction of sp³-hybridized carbons (Fsp3) is 1.00. The van der Waals surface area contributed by atoms with E-state index in [-0.39, 0.29) is 6.61 Å². The SMILES string of the molecule is CCO.CCOB(OCC)OCC. The smallest absolute Gasteiger partial charge is 0.397 e. The van der Waals surface area contributed by atoms with Gasteiger partial charge in [-0.05, 0) is 27.7 Å². The number of hydrogen-bond donors (Lipinski definition) is 1. The zero-order chi connectivity index (χ0) is 10.5. The fourth-order valence-electron chi connectivity index (χ4n) is 0.553. The zero-order valence-corrected chi connectivity index (χ0v) is 9.08. The molecule has 0 heterocycles. The largest absolute Gasteiger partial charge is 0.639 e. The highest BCUT2D eigenvalue weighted by molar-refractivity contribution is 6.36. The number of hydrogen-bond acceptors (Lipinski definition) is 4. The molecule has 0 atom stereocenters. The molecular formula is C8H21BO4. The van der Waals surface area contributed by atoms with Gasteiger partial charge in [0, 0.05) is 26.4 Å². The fourth-order valence-corrected chi connectivity index (χ4v) is 0.553. The van der Waals surface area contributed by atoms with Gasteiger partial charge in [-0.2, -0.15) is 0 Å². The van der Waals surface area contributed by atoms with Crippen LogP contribution in [0.1, 0.15) is 27.7 Å². The molecule has 0 aromatic heterocycles. The quantitative estimate of drug-likeness (QED) is 0.639. The molecule has 0 fully saturated rings. The summed E-state index contributed by atoms with van der Waals surface area (Å²) in [4.78, 5) is 0. The Hall–Kier alpha value is -0.0951. The summed E-state index contributed by atoms with van der Waals surface area (Å²) in [7, 11) is -0.472. The average Bonchev–Trinajstić information content (AvgIpc) is 2.07. The molecule has 0 aliphatic heterocycles. The van der Waals surface area contributed by atoms with Gasteiger partial charge in [-0.1, -0.05) is 0 Å². The molecule has 0 aromatic carbocycles. The Kier molecular flexibility index (Phi) is 17.1. The van der Waals surface area contributed by atoms with Gasteiger partial charge in [-0.15, -0.1) is 0 Å². The predicted molar refractivity (Wildman–Crippen MR) is 53.4 cm³/mol. The standard InChI is InChI=1S/C6H15BO3.C2H6O/c1-4-8-7(9-5-2)10-6-3;1-2-3/h4-6H2,1-3H3;3H,2H2,1H3. The van der Waals surface area contributed by atoms with E-state index in [1.807, 2.05) is 20.8 Å². The lowest BCUT2D eigenvalue weighted by atomic mass is 10.2. The van der Waals surface area contributed by atoms with E-state index in [9.17, 15) is 0 Å². The van der Waals surface area contributed by atoms with Crippen LogP contribution in [0.15, 0.2) is 0 Å². The number of aliphatic hydroxyl groups excluding tert-OH is 1. The Morgan fingerprint density at radius 2 is 1.08 bits per heavy atom. The Morgan fingerprint density at radius 1 is 0.846 bits per heavy atom. The molecule has 0 saturated carbocycles. The average molecular weight is 192 g/mol. The highest BCUT2D eigenvalue weighted by atomic mass is 16.7. The molecule has 0 aromatic rings. The molecule has 0 aliphatic carbocycles. The zero-order valence-electron chi connectivity index (χ0n) is 9.08. The maximum absolute atomic E-state index is 7.57. The van der Waals surface area contributed by atoms with E-state index in [2.05, 4.69) is 0 Å². The summed E-state index contributed by atoms with van der Waals surface area (Å²) in [5.41, 5.74) is 0. The van der Waals surface area contributed by atoms with Gasteiger partial charge in [0.15, 0.2) is 0 Å². The Morgan fingerprint density at radius 3 is 1.23 bits per heavy atom. The van der Waals surface area contributed by atoms with Crippen LogP contribution >= 0.6 is 0 Å². The van der Waals surface area contributed by atoms with Gasteiger partial charge in [0.05, 0.1) is 0 Å². The van der Waals surface area contributed by atoms with Crippen LogP contribution in [0.4, 0.5) is 0 Å². The van der Waals surface area contributed by atoms with Crippen LogP contribution < -0.4 is 0 Å². The van der Waals surface area contributed by atoms with Crippen LogP contribution in [0.2, 0.25) is 0 Å². The van der Waals surface area contributed by atoms with Crippen molar-refractivity contribution < 1.29 is 19.1 Å². The van der Waals surface area contributed by atoms with Gasteiger partial charge in [0.25, 0.3) is 0 Å². The lowest BCUT2D eigenvalue weighted by molar-refractivity contribution is 0.107. The third-order valence-corrected chi connectivity index (χ3v) is 0.908. The van der Waals surface area contributed by atoms with Crippen molar-refractivity contribution in [1.29, 1.82) is 0 Å².